The number of carbonyl (C=O) groups is 1. The van der Waals surface area contributed by atoms with Gasteiger partial charge in [-0.15, -0.1) is 0 Å². The van der Waals surface area contributed by atoms with Crippen LogP contribution in [0.4, 0.5) is 4.39 Å². The Kier molecular flexibility index (Phi) is 3.04. The summed E-state index contributed by atoms with van der Waals surface area (Å²) in [4.78, 5) is 16.0. The van der Waals surface area contributed by atoms with Gasteiger partial charge in [0.25, 0.3) is 0 Å². The van der Waals surface area contributed by atoms with E-state index >= 15 is 0 Å². The van der Waals surface area contributed by atoms with Gasteiger partial charge >= 0.3 is 0 Å². The van der Waals surface area contributed by atoms with E-state index in [1.165, 1.54) is 18.2 Å². The molecule has 0 amide bonds. The van der Waals surface area contributed by atoms with Crippen molar-refractivity contribution in [3.63, 3.8) is 0 Å². The van der Waals surface area contributed by atoms with Crippen LogP contribution in [0.15, 0.2) is 30.6 Å². The first-order valence-electron chi connectivity index (χ1n) is 4.56. The molecular formula is C11H8FIN2O. The third kappa shape index (κ3) is 1.99. The fourth-order valence-electron chi connectivity index (χ4n) is 1.38. The fourth-order valence-corrected chi connectivity index (χ4v) is 2.10. The van der Waals surface area contributed by atoms with Crippen LogP contribution < -0.4 is 0 Å². The lowest BCUT2D eigenvalue weighted by Gasteiger charge is -2.03. The van der Waals surface area contributed by atoms with Gasteiger partial charge in [0.2, 0.25) is 5.78 Å². The molecule has 0 fully saturated rings. The summed E-state index contributed by atoms with van der Waals surface area (Å²) in [6.45, 7) is 0. The van der Waals surface area contributed by atoms with E-state index in [-0.39, 0.29) is 11.6 Å². The average molecular weight is 330 g/mol. The Labute approximate surface area is 105 Å². The van der Waals surface area contributed by atoms with Crippen molar-refractivity contribution in [3.8, 4) is 0 Å². The van der Waals surface area contributed by atoms with Crippen LogP contribution in [0.25, 0.3) is 0 Å². The SMILES string of the molecule is Cn1ccnc1C(=O)c1ccc(F)cc1I. The largest absolute Gasteiger partial charge is 0.331 e. The van der Waals surface area contributed by atoms with Crippen LogP contribution in [-0.4, -0.2) is 15.3 Å². The molecule has 0 spiro atoms. The Morgan fingerprint density at radius 1 is 1.50 bits per heavy atom. The molecule has 0 saturated heterocycles. The molecule has 0 N–H and O–H groups in total. The molecule has 0 bridgehead atoms. The molecule has 1 aromatic heterocycles. The van der Waals surface area contributed by atoms with Gasteiger partial charge in [0.15, 0.2) is 5.82 Å². The highest BCUT2D eigenvalue weighted by atomic mass is 127. The van der Waals surface area contributed by atoms with Gasteiger partial charge in [-0.25, -0.2) is 9.37 Å². The quantitative estimate of drug-likeness (QED) is 0.626. The first-order valence-corrected chi connectivity index (χ1v) is 5.64. The van der Waals surface area contributed by atoms with Gasteiger partial charge in [0, 0.05) is 28.6 Å². The molecule has 1 aromatic carbocycles. The number of hydrogen-bond acceptors (Lipinski definition) is 2. The summed E-state index contributed by atoms with van der Waals surface area (Å²) in [7, 11) is 1.75. The van der Waals surface area contributed by atoms with E-state index in [1.807, 2.05) is 22.6 Å². The molecule has 0 aliphatic rings. The zero-order valence-corrected chi connectivity index (χ0v) is 10.6. The summed E-state index contributed by atoms with van der Waals surface area (Å²) < 4.78 is 15.1. The molecule has 1 heterocycles. The molecule has 3 nitrogen and oxygen atoms in total. The van der Waals surface area contributed by atoms with Crippen molar-refractivity contribution < 1.29 is 9.18 Å². The monoisotopic (exact) mass is 330 g/mol. The van der Waals surface area contributed by atoms with Gasteiger partial charge in [-0.1, -0.05) is 0 Å². The normalized spacial score (nSPS) is 10.4. The van der Waals surface area contributed by atoms with Gasteiger partial charge in [-0.2, -0.15) is 0 Å². The van der Waals surface area contributed by atoms with Crippen molar-refractivity contribution in [3.05, 3.63) is 51.4 Å². The number of aromatic nitrogens is 2. The van der Waals surface area contributed by atoms with E-state index in [4.69, 9.17) is 0 Å². The zero-order chi connectivity index (χ0) is 11.7. The number of imidazole rings is 1. The number of rotatable bonds is 2. The third-order valence-electron chi connectivity index (χ3n) is 2.20. The fraction of sp³-hybridized carbons (Fsp3) is 0.0909. The maximum absolute atomic E-state index is 12.9. The summed E-state index contributed by atoms with van der Waals surface area (Å²) in [6.07, 6.45) is 3.26. The Morgan fingerprint density at radius 2 is 2.25 bits per heavy atom. The summed E-state index contributed by atoms with van der Waals surface area (Å²) in [5.74, 6) is -0.192. The molecule has 0 saturated carbocycles. The predicted molar refractivity (Wildman–Crippen MR) is 65.8 cm³/mol. The van der Waals surface area contributed by atoms with Crippen LogP contribution in [0.2, 0.25) is 0 Å². The molecule has 0 aliphatic carbocycles. The lowest BCUT2D eigenvalue weighted by atomic mass is 10.1. The molecule has 0 atom stereocenters. The lowest BCUT2D eigenvalue weighted by Crippen LogP contribution is -2.10. The average Bonchev–Trinajstić information content (AvgIpc) is 2.63. The second-order valence-corrected chi connectivity index (χ2v) is 4.48. The topological polar surface area (TPSA) is 34.9 Å². The van der Waals surface area contributed by atoms with Gasteiger partial charge in [0.05, 0.1) is 0 Å². The molecule has 0 aliphatic heterocycles. The predicted octanol–water partition coefficient (Wildman–Crippen LogP) is 2.39. The van der Waals surface area contributed by atoms with Crippen molar-refractivity contribution in [2.24, 2.45) is 7.05 Å². The van der Waals surface area contributed by atoms with E-state index in [9.17, 15) is 9.18 Å². The van der Waals surface area contributed by atoms with E-state index < -0.39 is 0 Å². The third-order valence-corrected chi connectivity index (χ3v) is 3.09. The van der Waals surface area contributed by atoms with Crippen molar-refractivity contribution in [2.75, 3.05) is 0 Å². The summed E-state index contributed by atoms with van der Waals surface area (Å²) in [5, 5.41) is 0. The number of carbonyl (C=O) groups excluding carboxylic acids is 1. The van der Waals surface area contributed by atoms with Crippen LogP contribution in [0.5, 0.6) is 0 Å². The van der Waals surface area contributed by atoms with Gasteiger partial charge < -0.3 is 4.57 Å². The number of aryl methyl sites for hydroxylation is 1. The molecular weight excluding hydrogens is 322 g/mol. The smallest absolute Gasteiger partial charge is 0.229 e. The first kappa shape index (κ1) is 11.3. The van der Waals surface area contributed by atoms with E-state index in [0.29, 0.717) is 15.0 Å². The van der Waals surface area contributed by atoms with Crippen LogP contribution >= 0.6 is 22.6 Å². The number of ketones is 1. The maximum atomic E-state index is 12.9. The summed E-state index contributed by atoms with van der Waals surface area (Å²) in [5.41, 5.74) is 0.469. The Balaban J connectivity index is 2.46. The van der Waals surface area contributed by atoms with E-state index in [1.54, 1.807) is 24.0 Å². The Hall–Kier alpha value is -1.24. The zero-order valence-electron chi connectivity index (χ0n) is 8.45. The molecule has 0 unspecified atom stereocenters. The molecule has 0 radical (unpaired) electrons. The van der Waals surface area contributed by atoms with Crippen molar-refractivity contribution in [1.29, 1.82) is 0 Å². The highest BCUT2D eigenvalue weighted by Crippen LogP contribution is 2.17. The van der Waals surface area contributed by atoms with E-state index in [2.05, 4.69) is 4.98 Å². The summed E-state index contributed by atoms with van der Waals surface area (Å²) >= 11 is 1.94. The van der Waals surface area contributed by atoms with Crippen LogP contribution in [0.1, 0.15) is 16.2 Å². The molecule has 82 valence electrons. The lowest BCUT2D eigenvalue weighted by molar-refractivity contribution is 0.102. The molecule has 5 heteroatoms. The van der Waals surface area contributed by atoms with Gasteiger partial charge in [-0.05, 0) is 40.8 Å². The van der Waals surface area contributed by atoms with Crippen LogP contribution in [0.3, 0.4) is 0 Å². The molecule has 16 heavy (non-hydrogen) atoms. The minimum Gasteiger partial charge on any atom is -0.331 e. The highest BCUT2D eigenvalue weighted by molar-refractivity contribution is 14.1. The second kappa shape index (κ2) is 4.32. The first-order chi connectivity index (χ1) is 7.59. The molecule has 2 rings (SSSR count). The minimum atomic E-state index is -0.346. The van der Waals surface area contributed by atoms with Crippen molar-refractivity contribution >= 4 is 28.4 Å². The number of hydrogen-bond donors (Lipinski definition) is 0. The Morgan fingerprint density at radius 3 is 2.81 bits per heavy atom. The van der Waals surface area contributed by atoms with Crippen molar-refractivity contribution in [1.82, 2.24) is 9.55 Å². The highest BCUT2D eigenvalue weighted by Gasteiger charge is 2.16. The van der Waals surface area contributed by atoms with Gasteiger partial charge in [-0.3, -0.25) is 4.79 Å². The number of halogens is 2. The summed E-state index contributed by atoms with van der Waals surface area (Å²) in [6, 6.07) is 4.09. The van der Waals surface area contributed by atoms with Crippen LogP contribution in [-0.2, 0) is 7.05 Å². The van der Waals surface area contributed by atoms with Crippen molar-refractivity contribution in [2.45, 2.75) is 0 Å². The molecule has 2 aromatic rings. The maximum Gasteiger partial charge on any atom is 0.229 e. The standard InChI is InChI=1S/C11H8FIN2O/c1-15-5-4-14-11(15)10(16)8-3-2-7(12)6-9(8)13/h2-6H,1H3. The second-order valence-electron chi connectivity index (χ2n) is 3.32. The number of benzene rings is 1. The Bertz CT molecular complexity index is 551. The minimum absolute atomic E-state index is 0.197. The van der Waals surface area contributed by atoms with Gasteiger partial charge in [0.1, 0.15) is 5.82 Å². The number of nitrogens with zero attached hydrogens (tertiary/aromatic N) is 2. The van der Waals surface area contributed by atoms with Crippen LogP contribution in [0, 0.1) is 9.39 Å². The van der Waals surface area contributed by atoms with E-state index in [0.717, 1.165) is 0 Å².